The Morgan fingerprint density at radius 2 is 1.53 bits per heavy atom. The summed E-state index contributed by atoms with van der Waals surface area (Å²) in [5.74, 6) is 0.282. The summed E-state index contributed by atoms with van der Waals surface area (Å²) >= 11 is 6.18. The van der Waals surface area contributed by atoms with E-state index in [2.05, 4.69) is 18.1 Å². The summed E-state index contributed by atoms with van der Waals surface area (Å²) in [5.41, 5.74) is 5.05. The lowest BCUT2D eigenvalue weighted by Crippen LogP contribution is -2.39. The highest BCUT2D eigenvalue weighted by Crippen LogP contribution is 2.44. The fraction of sp³-hybridized carbons (Fsp3) is 0.241. The Morgan fingerprint density at radius 1 is 0.882 bits per heavy atom. The zero-order valence-corrected chi connectivity index (χ0v) is 20.0. The van der Waals surface area contributed by atoms with E-state index in [1.54, 1.807) is 6.07 Å². The molecule has 1 saturated heterocycles. The molecule has 0 bridgehead atoms. The van der Waals surface area contributed by atoms with Crippen LogP contribution in [0.2, 0.25) is 5.02 Å². The lowest BCUT2D eigenvalue weighted by Gasteiger charge is -2.36. The standard InChI is InChI=1S/C29H30ClNO3/c1-3-5-20-7-12-27(32)24(17-20)25-18-21(6-4-2)19-26(29(25)33)28(31-13-15-34-16-14-31)22-8-10-23(30)11-9-22/h3-4,7-12,17-19,28,32-33H,1-2,5-6,13-16H2. The third kappa shape index (κ3) is 5.20. The van der Waals surface area contributed by atoms with Crippen molar-refractivity contribution in [2.75, 3.05) is 26.3 Å². The van der Waals surface area contributed by atoms with Gasteiger partial charge in [-0.05, 0) is 65.9 Å². The Balaban J connectivity index is 1.92. The Bertz CT molecular complexity index is 1170. The summed E-state index contributed by atoms with van der Waals surface area (Å²) < 4.78 is 5.60. The number of nitrogens with zero attached hydrogens (tertiary/aromatic N) is 1. The van der Waals surface area contributed by atoms with Crippen molar-refractivity contribution >= 4 is 11.6 Å². The molecule has 1 aliphatic heterocycles. The molecule has 5 heteroatoms. The van der Waals surface area contributed by atoms with Crippen LogP contribution in [0.5, 0.6) is 11.5 Å². The number of ether oxygens (including phenoxy) is 1. The van der Waals surface area contributed by atoms with E-state index >= 15 is 0 Å². The van der Waals surface area contributed by atoms with Gasteiger partial charge in [0.25, 0.3) is 0 Å². The number of hydrogen-bond donors (Lipinski definition) is 2. The topological polar surface area (TPSA) is 52.9 Å². The first-order valence-electron chi connectivity index (χ1n) is 11.5. The SMILES string of the molecule is C=CCc1ccc(O)c(-c2cc(CC=C)cc(C(c3ccc(Cl)cc3)N3CCOCC3)c2O)c1. The average molecular weight is 476 g/mol. The van der Waals surface area contributed by atoms with Gasteiger partial charge in [0.2, 0.25) is 0 Å². The molecule has 3 aromatic carbocycles. The third-order valence-electron chi connectivity index (χ3n) is 6.20. The highest BCUT2D eigenvalue weighted by molar-refractivity contribution is 6.30. The number of halogens is 1. The highest BCUT2D eigenvalue weighted by atomic mass is 35.5. The first kappa shape index (κ1) is 24.1. The summed E-state index contributed by atoms with van der Waals surface area (Å²) in [6, 6.07) is 17.0. The zero-order chi connectivity index (χ0) is 24.1. The van der Waals surface area contributed by atoms with E-state index in [4.69, 9.17) is 16.3 Å². The van der Waals surface area contributed by atoms with Crippen LogP contribution in [0.1, 0.15) is 28.3 Å². The number of benzene rings is 3. The summed E-state index contributed by atoms with van der Waals surface area (Å²) in [5, 5.41) is 23.1. The van der Waals surface area contributed by atoms with Crippen molar-refractivity contribution in [2.24, 2.45) is 0 Å². The Kier molecular flexibility index (Phi) is 7.73. The van der Waals surface area contributed by atoms with Crippen LogP contribution in [-0.2, 0) is 17.6 Å². The molecule has 0 radical (unpaired) electrons. The smallest absolute Gasteiger partial charge is 0.128 e. The molecule has 0 amide bonds. The average Bonchev–Trinajstić information content (AvgIpc) is 2.84. The van der Waals surface area contributed by atoms with Gasteiger partial charge in [0, 0.05) is 34.8 Å². The third-order valence-corrected chi connectivity index (χ3v) is 6.45. The number of allylic oxidation sites excluding steroid dienone is 2. The minimum Gasteiger partial charge on any atom is -0.507 e. The van der Waals surface area contributed by atoms with E-state index in [0.717, 1.165) is 35.3 Å². The van der Waals surface area contributed by atoms with Gasteiger partial charge in [0.05, 0.1) is 19.3 Å². The monoisotopic (exact) mass is 475 g/mol. The minimum atomic E-state index is -0.191. The summed E-state index contributed by atoms with van der Waals surface area (Å²) in [6.07, 6.45) is 4.99. The zero-order valence-electron chi connectivity index (χ0n) is 19.2. The molecule has 1 fully saturated rings. The van der Waals surface area contributed by atoms with Crippen LogP contribution in [0.15, 0.2) is 79.9 Å². The molecule has 1 unspecified atom stereocenters. The van der Waals surface area contributed by atoms with Crippen molar-refractivity contribution in [3.05, 3.63) is 107 Å². The lowest BCUT2D eigenvalue weighted by atomic mass is 9.89. The van der Waals surface area contributed by atoms with Crippen molar-refractivity contribution in [1.82, 2.24) is 4.90 Å². The van der Waals surface area contributed by atoms with Crippen LogP contribution in [-0.4, -0.2) is 41.4 Å². The molecule has 2 N–H and O–H groups in total. The maximum Gasteiger partial charge on any atom is 0.128 e. The Morgan fingerprint density at radius 3 is 2.21 bits per heavy atom. The van der Waals surface area contributed by atoms with E-state index in [1.165, 1.54) is 0 Å². The summed E-state index contributed by atoms with van der Waals surface area (Å²) in [7, 11) is 0. The summed E-state index contributed by atoms with van der Waals surface area (Å²) in [4.78, 5) is 2.32. The van der Waals surface area contributed by atoms with E-state index in [-0.39, 0.29) is 17.5 Å². The van der Waals surface area contributed by atoms with Crippen LogP contribution in [0, 0.1) is 0 Å². The van der Waals surface area contributed by atoms with E-state index < -0.39 is 0 Å². The van der Waals surface area contributed by atoms with Crippen LogP contribution in [0.25, 0.3) is 11.1 Å². The molecular weight excluding hydrogens is 446 g/mol. The maximum atomic E-state index is 11.7. The van der Waals surface area contributed by atoms with Gasteiger partial charge in [0.1, 0.15) is 11.5 Å². The van der Waals surface area contributed by atoms with Crippen molar-refractivity contribution < 1.29 is 14.9 Å². The second kappa shape index (κ2) is 10.9. The van der Waals surface area contributed by atoms with Crippen molar-refractivity contribution in [1.29, 1.82) is 0 Å². The highest BCUT2D eigenvalue weighted by Gasteiger charge is 2.28. The predicted molar refractivity (Wildman–Crippen MR) is 139 cm³/mol. The van der Waals surface area contributed by atoms with E-state index in [9.17, 15) is 10.2 Å². The van der Waals surface area contributed by atoms with Gasteiger partial charge in [-0.3, -0.25) is 4.90 Å². The molecule has 4 rings (SSSR count). The normalized spacial score (nSPS) is 15.1. The molecule has 3 aromatic rings. The Labute approximate surface area is 206 Å². The number of aromatic hydroxyl groups is 2. The van der Waals surface area contributed by atoms with Crippen LogP contribution in [0.4, 0.5) is 0 Å². The fourth-order valence-electron chi connectivity index (χ4n) is 4.58. The van der Waals surface area contributed by atoms with Crippen molar-refractivity contribution in [3.63, 3.8) is 0 Å². The van der Waals surface area contributed by atoms with Gasteiger partial charge < -0.3 is 14.9 Å². The van der Waals surface area contributed by atoms with Crippen LogP contribution in [0.3, 0.4) is 0 Å². The number of hydrogen-bond acceptors (Lipinski definition) is 4. The lowest BCUT2D eigenvalue weighted by molar-refractivity contribution is 0.0236. The number of phenolic OH excluding ortho intramolecular Hbond substituents is 2. The quantitative estimate of drug-likeness (QED) is 0.375. The largest absolute Gasteiger partial charge is 0.507 e. The molecule has 0 saturated carbocycles. The molecule has 0 aliphatic carbocycles. The van der Waals surface area contributed by atoms with Gasteiger partial charge in [0.15, 0.2) is 0 Å². The van der Waals surface area contributed by atoms with Crippen molar-refractivity contribution in [3.8, 4) is 22.6 Å². The molecule has 1 atom stereocenters. The number of morpholine rings is 1. The fourth-order valence-corrected chi connectivity index (χ4v) is 4.70. The predicted octanol–water partition coefficient (Wildman–Crippen LogP) is 6.30. The second-order valence-electron chi connectivity index (χ2n) is 8.52. The molecule has 0 aromatic heterocycles. The Hall–Kier alpha value is -3.05. The van der Waals surface area contributed by atoms with Crippen LogP contribution >= 0.6 is 11.6 Å². The van der Waals surface area contributed by atoms with Gasteiger partial charge in [-0.2, -0.15) is 0 Å². The van der Waals surface area contributed by atoms with Crippen molar-refractivity contribution in [2.45, 2.75) is 18.9 Å². The number of rotatable bonds is 8. The van der Waals surface area contributed by atoms with E-state index in [0.29, 0.717) is 42.2 Å². The first-order valence-corrected chi connectivity index (χ1v) is 11.9. The molecule has 34 heavy (non-hydrogen) atoms. The first-order chi connectivity index (χ1) is 16.5. The molecule has 1 heterocycles. The van der Waals surface area contributed by atoms with Gasteiger partial charge >= 0.3 is 0 Å². The van der Waals surface area contributed by atoms with Crippen LogP contribution < -0.4 is 0 Å². The van der Waals surface area contributed by atoms with Gasteiger partial charge in [-0.25, -0.2) is 0 Å². The van der Waals surface area contributed by atoms with Gasteiger partial charge in [-0.1, -0.05) is 42.0 Å². The molecule has 1 aliphatic rings. The van der Waals surface area contributed by atoms with Gasteiger partial charge in [-0.15, -0.1) is 13.2 Å². The van der Waals surface area contributed by atoms with E-state index in [1.807, 2.05) is 60.7 Å². The molecule has 0 spiro atoms. The minimum absolute atomic E-state index is 0.124. The molecule has 176 valence electrons. The second-order valence-corrected chi connectivity index (χ2v) is 8.96. The maximum absolute atomic E-state index is 11.7. The molecule has 4 nitrogen and oxygen atoms in total. The number of phenols is 2. The molecular formula is C29H30ClNO3. The summed E-state index contributed by atoms with van der Waals surface area (Å²) in [6.45, 7) is 10.5.